The molecule has 3 aromatic rings. The summed E-state index contributed by atoms with van der Waals surface area (Å²) in [7, 11) is 3.31. The number of methoxy groups -OCH3 is 2. The summed E-state index contributed by atoms with van der Waals surface area (Å²) in [4.78, 5) is 16.4. The van der Waals surface area contributed by atoms with E-state index in [-0.39, 0.29) is 5.91 Å². The molecule has 0 spiro atoms. The van der Waals surface area contributed by atoms with Crippen molar-refractivity contribution in [1.82, 2.24) is 4.90 Å². The summed E-state index contributed by atoms with van der Waals surface area (Å²) < 4.78 is 10.7. The molecule has 1 aliphatic rings. The number of quaternary nitrogens is 1. The molecule has 0 saturated carbocycles. The first-order valence-electron chi connectivity index (χ1n) is 10.7. The number of nitrogens with one attached hydrogen (secondary N) is 1. The van der Waals surface area contributed by atoms with E-state index >= 15 is 0 Å². The molecule has 0 atom stereocenters. The fraction of sp³-hybridized carbons (Fsp3) is 0.269. The second-order valence-corrected chi connectivity index (χ2v) is 7.85. The second-order valence-electron chi connectivity index (χ2n) is 7.85. The molecule has 5 heteroatoms. The van der Waals surface area contributed by atoms with Crippen molar-refractivity contribution < 1.29 is 19.2 Å². The van der Waals surface area contributed by atoms with Crippen molar-refractivity contribution in [2.24, 2.45) is 0 Å². The Morgan fingerprint density at radius 3 is 2.13 bits per heavy atom. The molecule has 0 aromatic heterocycles. The molecule has 1 amide bonds. The van der Waals surface area contributed by atoms with Gasteiger partial charge in [0.25, 0.3) is 5.91 Å². The van der Waals surface area contributed by atoms with Gasteiger partial charge >= 0.3 is 0 Å². The van der Waals surface area contributed by atoms with E-state index in [0.717, 1.165) is 60.9 Å². The normalized spacial score (nSPS) is 14.3. The molecule has 0 bridgehead atoms. The van der Waals surface area contributed by atoms with Crippen LogP contribution in [0.1, 0.15) is 15.9 Å². The topological polar surface area (TPSA) is 43.2 Å². The number of benzene rings is 3. The molecule has 4 rings (SSSR count). The van der Waals surface area contributed by atoms with Crippen molar-refractivity contribution in [3.63, 3.8) is 0 Å². The predicted molar refractivity (Wildman–Crippen MR) is 122 cm³/mol. The van der Waals surface area contributed by atoms with E-state index in [9.17, 15) is 4.79 Å². The summed E-state index contributed by atoms with van der Waals surface area (Å²) in [5, 5.41) is 0. The van der Waals surface area contributed by atoms with Crippen LogP contribution in [0.3, 0.4) is 0 Å². The van der Waals surface area contributed by atoms with Crippen molar-refractivity contribution in [1.29, 1.82) is 0 Å². The molecule has 0 unspecified atom stereocenters. The fourth-order valence-corrected chi connectivity index (χ4v) is 4.10. The Morgan fingerprint density at radius 2 is 1.48 bits per heavy atom. The standard InChI is InChI=1S/C26H28N2O3/c1-30-24-13-8-20(18-25(24)31-2)19-27-14-16-28(17-15-27)26(29)23-11-9-22(10-12-23)21-6-4-3-5-7-21/h3-13,18H,14-17,19H2,1-2H3/p+1. The lowest BCUT2D eigenvalue weighted by molar-refractivity contribution is -0.917. The number of hydrogen-bond acceptors (Lipinski definition) is 3. The van der Waals surface area contributed by atoms with E-state index in [4.69, 9.17) is 9.47 Å². The van der Waals surface area contributed by atoms with Crippen LogP contribution >= 0.6 is 0 Å². The molecular weight excluding hydrogens is 388 g/mol. The quantitative estimate of drug-likeness (QED) is 0.671. The maximum absolute atomic E-state index is 13.0. The minimum absolute atomic E-state index is 0.116. The molecule has 1 aliphatic heterocycles. The number of hydrogen-bond donors (Lipinski definition) is 1. The Bertz CT molecular complexity index is 1010. The summed E-state index contributed by atoms with van der Waals surface area (Å²) in [6.45, 7) is 4.31. The van der Waals surface area contributed by atoms with Crippen LogP contribution in [0, 0.1) is 0 Å². The van der Waals surface area contributed by atoms with E-state index in [1.807, 2.05) is 59.5 Å². The lowest BCUT2D eigenvalue weighted by Gasteiger charge is -2.32. The van der Waals surface area contributed by atoms with Gasteiger partial charge in [-0.15, -0.1) is 0 Å². The Morgan fingerprint density at radius 1 is 0.839 bits per heavy atom. The average molecular weight is 418 g/mol. The maximum Gasteiger partial charge on any atom is 0.254 e. The molecule has 1 saturated heterocycles. The second kappa shape index (κ2) is 9.67. The van der Waals surface area contributed by atoms with Gasteiger partial charge in [0.2, 0.25) is 0 Å². The van der Waals surface area contributed by atoms with E-state index < -0.39 is 0 Å². The highest BCUT2D eigenvalue weighted by Gasteiger charge is 2.25. The molecular formula is C26H29N2O3+. The smallest absolute Gasteiger partial charge is 0.254 e. The first-order valence-corrected chi connectivity index (χ1v) is 10.7. The third kappa shape index (κ3) is 4.89. The van der Waals surface area contributed by atoms with E-state index in [1.165, 1.54) is 10.5 Å². The summed E-state index contributed by atoms with van der Waals surface area (Å²) >= 11 is 0. The van der Waals surface area contributed by atoms with Crippen molar-refractivity contribution in [3.8, 4) is 22.6 Å². The minimum atomic E-state index is 0.116. The zero-order chi connectivity index (χ0) is 21.6. The van der Waals surface area contributed by atoms with Gasteiger partial charge in [0.1, 0.15) is 6.54 Å². The zero-order valence-corrected chi connectivity index (χ0v) is 18.1. The lowest BCUT2D eigenvalue weighted by Crippen LogP contribution is -3.13. The van der Waals surface area contributed by atoms with Crippen LogP contribution in [0.15, 0.2) is 72.8 Å². The highest BCUT2D eigenvalue weighted by molar-refractivity contribution is 5.94. The Labute approximate surface area is 183 Å². The Kier molecular flexibility index (Phi) is 6.53. The number of nitrogens with zero attached hydrogens (tertiary/aromatic N) is 1. The van der Waals surface area contributed by atoms with Gasteiger partial charge in [0.05, 0.1) is 40.4 Å². The van der Waals surface area contributed by atoms with Gasteiger partial charge in [-0.05, 0) is 41.5 Å². The Balaban J connectivity index is 1.34. The molecule has 1 fully saturated rings. The van der Waals surface area contributed by atoms with Gasteiger partial charge in [-0.25, -0.2) is 0 Å². The lowest BCUT2D eigenvalue weighted by atomic mass is 10.0. The van der Waals surface area contributed by atoms with Gasteiger partial charge in [-0.3, -0.25) is 4.79 Å². The molecule has 1 heterocycles. The number of rotatable bonds is 6. The maximum atomic E-state index is 13.0. The molecule has 5 nitrogen and oxygen atoms in total. The number of piperazine rings is 1. The average Bonchev–Trinajstić information content (AvgIpc) is 2.84. The molecule has 3 aromatic carbocycles. The van der Waals surface area contributed by atoms with Crippen LogP contribution in [-0.2, 0) is 6.54 Å². The largest absolute Gasteiger partial charge is 0.493 e. The molecule has 31 heavy (non-hydrogen) atoms. The Hall–Kier alpha value is -3.31. The van der Waals surface area contributed by atoms with Gasteiger partial charge < -0.3 is 19.3 Å². The van der Waals surface area contributed by atoms with Crippen LogP contribution in [0.4, 0.5) is 0 Å². The minimum Gasteiger partial charge on any atom is -0.493 e. The highest BCUT2D eigenvalue weighted by Crippen LogP contribution is 2.27. The van der Waals surface area contributed by atoms with Crippen molar-refractivity contribution in [2.45, 2.75) is 6.54 Å². The van der Waals surface area contributed by atoms with Crippen molar-refractivity contribution in [3.05, 3.63) is 83.9 Å². The number of amides is 1. The van der Waals surface area contributed by atoms with E-state index in [2.05, 4.69) is 18.2 Å². The predicted octanol–water partition coefficient (Wildman–Crippen LogP) is 2.91. The summed E-state index contributed by atoms with van der Waals surface area (Å²) in [6, 6.07) is 24.2. The molecule has 160 valence electrons. The first-order chi connectivity index (χ1) is 15.2. The fourth-order valence-electron chi connectivity index (χ4n) is 4.10. The van der Waals surface area contributed by atoms with Gasteiger partial charge in [0.15, 0.2) is 11.5 Å². The number of carbonyl (C=O) groups is 1. The molecule has 0 aliphatic carbocycles. The van der Waals surface area contributed by atoms with Crippen LogP contribution in [-0.4, -0.2) is 51.2 Å². The van der Waals surface area contributed by atoms with Crippen LogP contribution in [0.2, 0.25) is 0 Å². The van der Waals surface area contributed by atoms with Crippen LogP contribution < -0.4 is 14.4 Å². The van der Waals surface area contributed by atoms with Gasteiger partial charge in [-0.2, -0.15) is 0 Å². The SMILES string of the molecule is COc1ccc(C[NH+]2CCN(C(=O)c3ccc(-c4ccccc4)cc3)CC2)cc1OC. The van der Waals surface area contributed by atoms with E-state index in [0.29, 0.717) is 0 Å². The monoisotopic (exact) mass is 417 g/mol. The zero-order valence-electron chi connectivity index (χ0n) is 18.1. The third-order valence-electron chi connectivity index (χ3n) is 5.90. The molecule has 1 N–H and O–H groups in total. The van der Waals surface area contributed by atoms with Crippen molar-refractivity contribution in [2.75, 3.05) is 40.4 Å². The summed E-state index contributed by atoms with van der Waals surface area (Å²) in [5.74, 6) is 1.62. The molecule has 0 radical (unpaired) electrons. The van der Waals surface area contributed by atoms with Crippen molar-refractivity contribution >= 4 is 5.91 Å². The van der Waals surface area contributed by atoms with E-state index in [1.54, 1.807) is 14.2 Å². The van der Waals surface area contributed by atoms with Crippen LogP contribution in [0.5, 0.6) is 11.5 Å². The highest BCUT2D eigenvalue weighted by atomic mass is 16.5. The van der Waals surface area contributed by atoms with Crippen LogP contribution in [0.25, 0.3) is 11.1 Å². The van der Waals surface area contributed by atoms with Gasteiger partial charge in [0, 0.05) is 11.1 Å². The summed E-state index contributed by atoms with van der Waals surface area (Å²) in [6.07, 6.45) is 0. The number of ether oxygens (including phenoxy) is 2. The first kappa shape index (κ1) is 20.9. The summed E-state index contributed by atoms with van der Waals surface area (Å²) in [5.41, 5.74) is 4.25. The number of carbonyl (C=O) groups excluding carboxylic acids is 1. The third-order valence-corrected chi connectivity index (χ3v) is 5.90. The van der Waals surface area contributed by atoms with Gasteiger partial charge in [-0.1, -0.05) is 42.5 Å².